The third kappa shape index (κ3) is 4.87. The molecule has 0 atom stereocenters. The van der Waals surface area contributed by atoms with Crippen LogP contribution in [0.4, 0.5) is 4.79 Å². The minimum absolute atomic E-state index is 0.275. The average molecular weight is 366 g/mol. The fraction of sp³-hybridized carbons (Fsp3) is 0.136. The van der Waals surface area contributed by atoms with Gasteiger partial charge in [-0.05, 0) is 29.0 Å². The van der Waals surface area contributed by atoms with E-state index in [0.717, 1.165) is 26.9 Å². The van der Waals surface area contributed by atoms with E-state index in [9.17, 15) is 4.79 Å². The molecule has 3 aromatic rings. The molecule has 4 heteroatoms. The number of ether oxygens (including phenoxy) is 1. The summed E-state index contributed by atoms with van der Waals surface area (Å²) in [6.45, 7) is 0.791. The Balaban J connectivity index is 1.47. The zero-order valence-electron chi connectivity index (χ0n) is 14.3. The second-order valence-electron chi connectivity index (χ2n) is 5.86. The summed E-state index contributed by atoms with van der Waals surface area (Å²) in [5.74, 6) is 0. The molecule has 0 aliphatic rings. The maximum atomic E-state index is 11.7. The molecule has 0 aliphatic heterocycles. The molecule has 1 amide bonds. The Hall–Kier alpha value is -2.78. The topological polar surface area (TPSA) is 38.3 Å². The van der Waals surface area contributed by atoms with Crippen LogP contribution in [0.25, 0.3) is 16.8 Å². The van der Waals surface area contributed by atoms with Crippen LogP contribution in [0.15, 0.2) is 72.8 Å². The standard InChI is InChI=1S/C22H20ClNO2/c23-20-14-7-13-19-12-6-11-18(21(19)20)10-4-5-15-24-22(25)26-16-17-8-2-1-3-9-17/h1-4,6-14H,5,15-16H2,(H,24,25). The Morgan fingerprint density at radius 3 is 2.58 bits per heavy atom. The maximum Gasteiger partial charge on any atom is 0.407 e. The van der Waals surface area contributed by atoms with Crippen molar-refractivity contribution in [3.05, 3.63) is 89.0 Å². The molecular weight excluding hydrogens is 346 g/mol. The molecule has 0 aliphatic carbocycles. The Morgan fingerprint density at radius 1 is 1.00 bits per heavy atom. The summed E-state index contributed by atoms with van der Waals surface area (Å²) in [6.07, 6.45) is 4.36. The van der Waals surface area contributed by atoms with E-state index < -0.39 is 6.09 Å². The summed E-state index contributed by atoms with van der Waals surface area (Å²) in [5.41, 5.74) is 2.04. The predicted molar refractivity (Wildman–Crippen MR) is 107 cm³/mol. The first-order chi connectivity index (χ1) is 12.7. The Labute approximate surface area is 158 Å². The van der Waals surface area contributed by atoms with Crippen molar-refractivity contribution in [2.45, 2.75) is 13.0 Å². The number of amides is 1. The van der Waals surface area contributed by atoms with E-state index >= 15 is 0 Å². The van der Waals surface area contributed by atoms with E-state index in [2.05, 4.69) is 5.32 Å². The van der Waals surface area contributed by atoms with Crippen LogP contribution in [-0.4, -0.2) is 12.6 Å². The Morgan fingerprint density at radius 2 is 1.77 bits per heavy atom. The van der Waals surface area contributed by atoms with Crippen LogP contribution >= 0.6 is 11.6 Å². The summed E-state index contributed by atoms with van der Waals surface area (Å²) >= 11 is 6.32. The predicted octanol–water partition coefficient (Wildman–Crippen LogP) is 5.82. The second kappa shape index (κ2) is 9.07. The van der Waals surface area contributed by atoms with Crippen LogP contribution in [0.5, 0.6) is 0 Å². The minimum atomic E-state index is -0.407. The molecule has 3 nitrogen and oxygen atoms in total. The fourth-order valence-corrected chi connectivity index (χ4v) is 2.99. The second-order valence-corrected chi connectivity index (χ2v) is 6.27. The first-order valence-electron chi connectivity index (χ1n) is 8.52. The molecule has 0 unspecified atom stereocenters. The van der Waals surface area contributed by atoms with E-state index in [0.29, 0.717) is 13.0 Å². The SMILES string of the molecule is O=C(NCCC=Cc1cccc2cccc(Cl)c12)OCc1ccccc1. The van der Waals surface area contributed by atoms with Gasteiger partial charge in [-0.2, -0.15) is 0 Å². The normalized spacial score (nSPS) is 11.0. The van der Waals surface area contributed by atoms with Gasteiger partial charge in [-0.25, -0.2) is 4.79 Å². The summed E-state index contributed by atoms with van der Waals surface area (Å²) in [6, 6.07) is 21.6. The molecule has 0 heterocycles. The molecule has 26 heavy (non-hydrogen) atoms. The van der Waals surface area contributed by atoms with Gasteiger partial charge in [0, 0.05) is 17.0 Å². The van der Waals surface area contributed by atoms with Gasteiger partial charge in [-0.15, -0.1) is 0 Å². The van der Waals surface area contributed by atoms with Crippen molar-refractivity contribution in [2.75, 3.05) is 6.54 Å². The Kier molecular flexibility index (Phi) is 6.29. The van der Waals surface area contributed by atoms with Gasteiger partial charge < -0.3 is 10.1 Å². The summed E-state index contributed by atoms with van der Waals surface area (Å²) in [5, 5.41) is 5.65. The fourth-order valence-electron chi connectivity index (χ4n) is 2.70. The van der Waals surface area contributed by atoms with Gasteiger partial charge in [-0.1, -0.05) is 84.4 Å². The Bertz CT molecular complexity index is 901. The highest BCUT2D eigenvalue weighted by Crippen LogP contribution is 2.27. The highest BCUT2D eigenvalue weighted by Gasteiger charge is 2.03. The number of fused-ring (bicyclic) bond motifs is 1. The summed E-state index contributed by atoms with van der Waals surface area (Å²) in [4.78, 5) is 11.7. The van der Waals surface area contributed by atoms with Crippen molar-refractivity contribution < 1.29 is 9.53 Å². The molecule has 132 valence electrons. The number of carbonyl (C=O) groups is 1. The third-order valence-electron chi connectivity index (χ3n) is 3.98. The van der Waals surface area contributed by atoms with Crippen molar-refractivity contribution in [2.24, 2.45) is 0 Å². The molecule has 0 saturated carbocycles. The lowest BCUT2D eigenvalue weighted by atomic mass is 10.0. The lowest BCUT2D eigenvalue weighted by Crippen LogP contribution is -2.24. The van der Waals surface area contributed by atoms with Gasteiger partial charge in [-0.3, -0.25) is 0 Å². The van der Waals surface area contributed by atoms with E-state index in [1.807, 2.05) is 78.9 Å². The summed E-state index contributed by atoms with van der Waals surface area (Å²) < 4.78 is 5.17. The maximum absolute atomic E-state index is 11.7. The largest absolute Gasteiger partial charge is 0.445 e. The number of hydrogen-bond donors (Lipinski definition) is 1. The van der Waals surface area contributed by atoms with E-state index in [1.54, 1.807) is 0 Å². The van der Waals surface area contributed by atoms with Crippen LogP contribution < -0.4 is 5.32 Å². The highest BCUT2D eigenvalue weighted by atomic mass is 35.5. The van der Waals surface area contributed by atoms with Crippen molar-refractivity contribution in [1.29, 1.82) is 0 Å². The molecule has 1 N–H and O–H groups in total. The molecule has 0 saturated heterocycles. The van der Waals surface area contributed by atoms with Gasteiger partial charge in [0.05, 0.1) is 0 Å². The number of carbonyl (C=O) groups excluding carboxylic acids is 1. The molecular formula is C22H20ClNO2. The monoisotopic (exact) mass is 365 g/mol. The number of halogens is 1. The van der Waals surface area contributed by atoms with Gasteiger partial charge in [0.15, 0.2) is 0 Å². The smallest absolute Gasteiger partial charge is 0.407 e. The molecule has 0 bridgehead atoms. The van der Waals surface area contributed by atoms with E-state index in [-0.39, 0.29) is 6.61 Å². The van der Waals surface area contributed by atoms with Crippen molar-refractivity contribution in [1.82, 2.24) is 5.32 Å². The number of rotatable bonds is 6. The van der Waals surface area contributed by atoms with Crippen LogP contribution in [0, 0.1) is 0 Å². The van der Waals surface area contributed by atoms with Crippen LogP contribution in [0.1, 0.15) is 17.5 Å². The minimum Gasteiger partial charge on any atom is -0.445 e. The van der Waals surface area contributed by atoms with Gasteiger partial charge in [0.25, 0.3) is 0 Å². The molecule has 0 radical (unpaired) electrons. The number of benzene rings is 3. The van der Waals surface area contributed by atoms with Gasteiger partial charge in [0.1, 0.15) is 6.61 Å². The average Bonchev–Trinajstić information content (AvgIpc) is 2.67. The number of nitrogens with one attached hydrogen (secondary N) is 1. The zero-order valence-corrected chi connectivity index (χ0v) is 15.1. The van der Waals surface area contributed by atoms with Crippen molar-refractivity contribution in [3.63, 3.8) is 0 Å². The number of hydrogen-bond acceptors (Lipinski definition) is 2. The molecule has 3 rings (SSSR count). The van der Waals surface area contributed by atoms with Crippen molar-refractivity contribution >= 4 is 34.5 Å². The molecule has 3 aromatic carbocycles. The third-order valence-corrected chi connectivity index (χ3v) is 4.29. The first-order valence-corrected chi connectivity index (χ1v) is 8.90. The zero-order chi connectivity index (χ0) is 18.2. The quantitative estimate of drug-likeness (QED) is 0.558. The highest BCUT2D eigenvalue weighted by molar-refractivity contribution is 6.36. The van der Waals surface area contributed by atoms with Gasteiger partial charge in [0.2, 0.25) is 0 Å². The van der Waals surface area contributed by atoms with E-state index in [4.69, 9.17) is 16.3 Å². The molecule has 0 spiro atoms. The van der Waals surface area contributed by atoms with Crippen LogP contribution in [0.2, 0.25) is 5.02 Å². The lowest BCUT2D eigenvalue weighted by molar-refractivity contribution is 0.140. The van der Waals surface area contributed by atoms with Crippen molar-refractivity contribution in [3.8, 4) is 0 Å². The number of alkyl carbamates (subject to hydrolysis) is 1. The van der Waals surface area contributed by atoms with Crippen LogP contribution in [0.3, 0.4) is 0 Å². The van der Waals surface area contributed by atoms with E-state index in [1.165, 1.54) is 0 Å². The lowest BCUT2D eigenvalue weighted by Gasteiger charge is -2.06. The van der Waals surface area contributed by atoms with Crippen LogP contribution in [-0.2, 0) is 11.3 Å². The summed E-state index contributed by atoms with van der Waals surface area (Å²) in [7, 11) is 0. The molecule has 0 fully saturated rings. The molecule has 0 aromatic heterocycles. The van der Waals surface area contributed by atoms with Gasteiger partial charge >= 0.3 is 6.09 Å². The first kappa shape index (κ1) is 18.0.